The molecule has 5 nitrogen and oxygen atoms in total. The van der Waals surface area contributed by atoms with Gasteiger partial charge < -0.3 is 13.6 Å². The van der Waals surface area contributed by atoms with Crippen LogP contribution in [0.15, 0.2) is 50.2 Å². The minimum absolute atomic E-state index is 0.00254. The number of nitrogens with zero attached hydrogens (tertiary/aromatic N) is 1. The average molecular weight is 295 g/mol. The van der Waals surface area contributed by atoms with E-state index in [0.29, 0.717) is 16.7 Å². The van der Waals surface area contributed by atoms with E-state index in [9.17, 15) is 4.79 Å². The van der Waals surface area contributed by atoms with Gasteiger partial charge in [0.2, 0.25) is 16.9 Å². The van der Waals surface area contributed by atoms with Gasteiger partial charge in [-0.2, -0.15) is 5.26 Å². The van der Waals surface area contributed by atoms with Crippen LogP contribution in [-0.4, -0.2) is 6.61 Å². The molecule has 3 aromatic rings. The molecule has 110 valence electrons. The second kappa shape index (κ2) is 5.78. The predicted octanol–water partition coefficient (Wildman–Crippen LogP) is 3.52. The molecule has 0 aliphatic rings. The zero-order valence-corrected chi connectivity index (χ0v) is 12.0. The molecule has 0 aliphatic heterocycles. The molecule has 3 rings (SSSR count). The van der Waals surface area contributed by atoms with E-state index in [-0.39, 0.29) is 23.5 Å². The smallest absolute Gasteiger partial charge is 0.235 e. The highest BCUT2D eigenvalue weighted by Gasteiger charge is 2.19. The maximum atomic E-state index is 12.7. The highest BCUT2D eigenvalue weighted by Crippen LogP contribution is 2.31. The first-order valence-electron chi connectivity index (χ1n) is 6.88. The Labute approximate surface area is 126 Å². The quantitative estimate of drug-likeness (QED) is 0.736. The van der Waals surface area contributed by atoms with Crippen molar-refractivity contribution in [3.63, 3.8) is 0 Å². The number of rotatable bonds is 4. The number of fused-ring (bicyclic) bond motifs is 1. The van der Waals surface area contributed by atoms with Gasteiger partial charge in [0.25, 0.3) is 0 Å². The fourth-order valence-electron chi connectivity index (χ4n) is 2.25. The largest absolute Gasteiger partial charge is 0.471 e. The summed E-state index contributed by atoms with van der Waals surface area (Å²) in [5, 5.41) is 9.14. The van der Waals surface area contributed by atoms with E-state index in [1.165, 1.54) is 6.26 Å². The lowest BCUT2D eigenvalue weighted by atomic mass is 10.1. The van der Waals surface area contributed by atoms with E-state index in [4.69, 9.17) is 18.8 Å². The third-order valence-corrected chi connectivity index (χ3v) is 3.35. The van der Waals surface area contributed by atoms with Gasteiger partial charge in [-0.05, 0) is 36.2 Å². The van der Waals surface area contributed by atoms with Gasteiger partial charge in [-0.3, -0.25) is 4.79 Å². The minimum Gasteiger partial charge on any atom is -0.471 e. The molecule has 0 amide bonds. The Balaban J connectivity index is 2.30. The molecule has 22 heavy (non-hydrogen) atoms. The van der Waals surface area contributed by atoms with Crippen molar-refractivity contribution in [1.29, 1.82) is 5.26 Å². The Morgan fingerprint density at radius 2 is 2.18 bits per heavy atom. The van der Waals surface area contributed by atoms with Gasteiger partial charge in [0.15, 0.2) is 12.4 Å². The molecule has 0 saturated carbocycles. The van der Waals surface area contributed by atoms with E-state index in [2.05, 4.69) is 0 Å². The van der Waals surface area contributed by atoms with E-state index in [1.54, 1.807) is 24.3 Å². The van der Waals surface area contributed by atoms with E-state index in [0.717, 1.165) is 12.0 Å². The Kier molecular flexibility index (Phi) is 3.67. The van der Waals surface area contributed by atoms with Gasteiger partial charge in [0, 0.05) is 0 Å². The average Bonchev–Trinajstić information content (AvgIpc) is 3.08. The molecule has 0 fully saturated rings. The van der Waals surface area contributed by atoms with Crippen molar-refractivity contribution in [3.8, 4) is 23.3 Å². The molecule has 0 saturated heterocycles. The van der Waals surface area contributed by atoms with Gasteiger partial charge in [0.1, 0.15) is 11.7 Å². The van der Waals surface area contributed by atoms with Gasteiger partial charge in [-0.15, -0.1) is 0 Å². The van der Waals surface area contributed by atoms with Gasteiger partial charge in [-0.1, -0.05) is 13.0 Å². The fraction of sp³-hybridized carbons (Fsp3) is 0.176. The topological polar surface area (TPSA) is 76.4 Å². The molecule has 5 heteroatoms. The lowest BCUT2D eigenvalue weighted by Crippen LogP contribution is -2.10. The van der Waals surface area contributed by atoms with Gasteiger partial charge in [-0.25, -0.2) is 0 Å². The van der Waals surface area contributed by atoms with E-state index >= 15 is 0 Å². The number of furan rings is 1. The summed E-state index contributed by atoms with van der Waals surface area (Å²) in [4.78, 5) is 12.7. The SMILES string of the molecule is CCc1ccc2oc(-c3ccco3)c(OCC#N)c(=O)c2c1. The van der Waals surface area contributed by atoms with Crippen molar-refractivity contribution < 1.29 is 13.6 Å². The summed E-state index contributed by atoms with van der Waals surface area (Å²) in [6.07, 6.45) is 2.29. The van der Waals surface area contributed by atoms with Crippen LogP contribution in [0.2, 0.25) is 0 Å². The Bertz CT molecular complexity index is 901. The predicted molar refractivity (Wildman–Crippen MR) is 80.7 cm³/mol. The standard InChI is InChI=1S/C17H13NO4/c1-2-11-5-6-13-12(10-11)15(19)17(21-9-7-18)16(22-13)14-4-3-8-20-14/h3-6,8,10H,2,9H2,1H3. The molecule has 0 spiro atoms. The number of nitriles is 1. The van der Waals surface area contributed by atoms with Crippen LogP contribution in [0, 0.1) is 11.3 Å². The van der Waals surface area contributed by atoms with Crippen LogP contribution in [-0.2, 0) is 6.42 Å². The molecule has 0 aliphatic carbocycles. The van der Waals surface area contributed by atoms with Crippen molar-refractivity contribution in [2.75, 3.05) is 6.61 Å². The Hall–Kier alpha value is -3.00. The molecular weight excluding hydrogens is 282 g/mol. The lowest BCUT2D eigenvalue weighted by Gasteiger charge is -2.08. The van der Waals surface area contributed by atoms with Crippen molar-refractivity contribution in [1.82, 2.24) is 0 Å². The van der Waals surface area contributed by atoms with Crippen LogP contribution in [0.1, 0.15) is 12.5 Å². The van der Waals surface area contributed by atoms with Gasteiger partial charge in [0.05, 0.1) is 11.6 Å². The molecule has 1 aromatic carbocycles. The first-order chi connectivity index (χ1) is 10.7. The zero-order chi connectivity index (χ0) is 15.5. The first-order valence-corrected chi connectivity index (χ1v) is 6.88. The second-order valence-corrected chi connectivity index (χ2v) is 4.70. The summed E-state index contributed by atoms with van der Waals surface area (Å²) >= 11 is 0. The highest BCUT2D eigenvalue weighted by atomic mass is 16.5. The number of benzene rings is 1. The molecular formula is C17H13NO4. The van der Waals surface area contributed by atoms with Crippen LogP contribution in [0.3, 0.4) is 0 Å². The van der Waals surface area contributed by atoms with Crippen molar-refractivity contribution in [3.05, 3.63) is 52.4 Å². The number of aryl methyl sites for hydroxylation is 1. The number of ether oxygens (including phenoxy) is 1. The third kappa shape index (κ3) is 2.35. The minimum atomic E-state index is -0.307. The highest BCUT2D eigenvalue weighted by molar-refractivity contribution is 5.81. The molecule has 0 atom stereocenters. The van der Waals surface area contributed by atoms with Crippen LogP contribution in [0.25, 0.3) is 22.5 Å². The van der Waals surface area contributed by atoms with Crippen LogP contribution < -0.4 is 10.2 Å². The summed E-state index contributed by atoms with van der Waals surface area (Å²) in [6.45, 7) is 1.77. The van der Waals surface area contributed by atoms with Gasteiger partial charge >= 0.3 is 0 Å². The number of hydrogen-bond donors (Lipinski definition) is 0. The lowest BCUT2D eigenvalue weighted by molar-refractivity contribution is 0.353. The fourth-order valence-corrected chi connectivity index (χ4v) is 2.25. The summed E-state index contributed by atoms with van der Waals surface area (Å²) in [6, 6.07) is 10.7. The summed E-state index contributed by atoms with van der Waals surface area (Å²) < 4.78 is 16.4. The molecule has 0 N–H and O–H groups in total. The normalized spacial score (nSPS) is 10.5. The third-order valence-electron chi connectivity index (χ3n) is 3.35. The van der Waals surface area contributed by atoms with Crippen molar-refractivity contribution >= 4 is 11.0 Å². The molecule has 2 aromatic heterocycles. The zero-order valence-electron chi connectivity index (χ0n) is 12.0. The molecule has 0 unspecified atom stereocenters. The summed E-state index contributed by atoms with van der Waals surface area (Å²) in [5.41, 5.74) is 1.17. The van der Waals surface area contributed by atoms with Crippen molar-refractivity contribution in [2.45, 2.75) is 13.3 Å². The second-order valence-electron chi connectivity index (χ2n) is 4.70. The monoisotopic (exact) mass is 295 g/mol. The Morgan fingerprint density at radius 1 is 1.32 bits per heavy atom. The van der Waals surface area contributed by atoms with Crippen LogP contribution in [0.4, 0.5) is 0 Å². The Morgan fingerprint density at radius 3 is 2.86 bits per heavy atom. The van der Waals surface area contributed by atoms with E-state index in [1.807, 2.05) is 19.1 Å². The maximum absolute atomic E-state index is 12.7. The number of hydrogen-bond acceptors (Lipinski definition) is 5. The molecule has 0 radical (unpaired) electrons. The van der Waals surface area contributed by atoms with Crippen LogP contribution in [0.5, 0.6) is 5.75 Å². The summed E-state index contributed by atoms with van der Waals surface area (Å²) in [5.74, 6) is 0.575. The first kappa shape index (κ1) is 14.0. The maximum Gasteiger partial charge on any atom is 0.235 e. The molecule has 0 bridgehead atoms. The molecule has 2 heterocycles. The van der Waals surface area contributed by atoms with E-state index < -0.39 is 0 Å². The van der Waals surface area contributed by atoms with Crippen LogP contribution >= 0.6 is 0 Å². The summed E-state index contributed by atoms with van der Waals surface area (Å²) in [7, 11) is 0. The van der Waals surface area contributed by atoms with Crippen molar-refractivity contribution in [2.24, 2.45) is 0 Å².